The Kier molecular flexibility index (Phi) is 5.50. The van der Waals surface area contributed by atoms with Crippen LogP contribution in [0.25, 0.3) is 22.6 Å². The topological polar surface area (TPSA) is 55.7 Å². The average molecular weight is 359 g/mol. The lowest BCUT2D eigenvalue weighted by atomic mass is 10.0. The highest BCUT2D eigenvalue weighted by molar-refractivity contribution is 6.31. The minimum Gasteiger partial charge on any atom is -0.377 e. The number of pyridine rings is 1. The van der Waals surface area contributed by atoms with Crippen LogP contribution in [0.3, 0.4) is 0 Å². The predicted octanol–water partition coefficient (Wildman–Crippen LogP) is 4.77. The van der Waals surface area contributed by atoms with E-state index in [1.54, 1.807) is 12.4 Å². The summed E-state index contributed by atoms with van der Waals surface area (Å²) in [7, 11) is 3.92. The minimum absolute atomic E-state index is 0. The molecular weight excluding hydrogens is 343 g/mol. The number of allylic oxidation sites excluding steroid dienone is 1. The maximum Gasteiger partial charge on any atom is 0.0999 e. The second-order valence-electron chi connectivity index (χ2n) is 5.39. The average Bonchev–Trinajstić information content (AvgIpc) is 2.95. The van der Waals surface area contributed by atoms with E-state index >= 15 is 0 Å². The third kappa shape index (κ3) is 3.38. The number of anilines is 1. The normalized spacial score (nSPS) is 11.0. The fourth-order valence-corrected chi connectivity index (χ4v) is 2.73. The Morgan fingerprint density at radius 2 is 2.12 bits per heavy atom. The number of fused-ring (bicyclic) bond motifs is 1. The Morgan fingerprint density at radius 3 is 2.83 bits per heavy atom. The highest BCUT2D eigenvalue weighted by Crippen LogP contribution is 2.30. The molecular formula is C18H16Cl2N4. The van der Waals surface area contributed by atoms with Gasteiger partial charge < -0.3 is 9.88 Å². The molecule has 0 spiro atoms. The summed E-state index contributed by atoms with van der Waals surface area (Å²) in [4.78, 5) is 9.33. The molecule has 6 heteroatoms. The fourth-order valence-electron chi connectivity index (χ4n) is 2.56. The van der Waals surface area contributed by atoms with Crippen LogP contribution in [0.15, 0.2) is 42.9 Å². The van der Waals surface area contributed by atoms with Crippen molar-refractivity contribution in [3.05, 3.63) is 59.0 Å². The number of benzene rings is 1. The van der Waals surface area contributed by atoms with E-state index in [-0.39, 0.29) is 12.4 Å². The van der Waals surface area contributed by atoms with Crippen molar-refractivity contribution in [2.24, 2.45) is 0 Å². The summed E-state index contributed by atoms with van der Waals surface area (Å²) in [6, 6.07) is 9.80. The van der Waals surface area contributed by atoms with Crippen molar-refractivity contribution in [3.8, 4) is 6.07 Å². The van der Waals surface area contributed by atoms with Crippen LogP contribution in [0.2, 0.25) is 5.02 Å². The molecule has 0 bridgehead atoms. The lowest BCUT2D eigenvalue weighted by Crippen LogP contribution is -2.10. The van der Waals surface area contributed by atoms with Gasteiger partial charge in [0.25, 0.3) is 0 Å². The number of rotatable bonds is 3. The molecule has 122 valence electrons. The summed E-state index contributed by atoms with van der Waals surface area (Å²) in [6.45, 7) is 0. The molecule has 24 heavy (non-hydrogen) atoms. The molecule has 0 radical (unpaired) electrons. The van der Waals surface area contributed by atoms with Gasteiger partial charge in [-0.1, -0.05) is 11.6 Å². The number of nitriles is 1. The predicted molar refractivity (Wildman–Crippen MR) is 103 cm³/mol. The highest BCUT2D eigenvalue weighted by Gasteiger charge is 2.11. The van der Waals surface area contributed by atoms with Crippen LogP contribution < -0.4 is 4.90 Å². The first-order valence-electron chi connectivity index (χ1n) is 7.10. The van der Waals surface area contributed by atoms with Gasteiger partial charge >= 0.3 is 0 Å². The quantitative estimate of drug-likeness (QED) is 0.686. The summed E-state index contributed by atoms with van der Waals surface area (Å²) in [5.74, 6) is 0. The van der Waals surface area contributed by atoms with Crippen LogP contribution in [0.4, 0.5) is 5.69 Å². The van der Waals surface area contributed by atoms with Gasteiger partial charge in [0.15, 0.2) is 0 Å². The van der Waals surface area contributed by atoms with Crippen molar-refractivity contribution in [1.29, 1.82) is 5.26 Å². The summed E-state index contributed by atoms with van der Waals surface area (Å²) in [6.07, 6.45) is 7.19. The molecule has 3 aromatic rings. The molecule has 0 aliphatic carbocycles. The van der Waals surface area contributed by atoms with Crippen molar-refractivity contribution >= 4 is 52.2 Å². The summed E-state index contributed by atoms with van der Waals surface area (Å²) in [5.41, 5.74) is 4.24. The zero-order chi connectivity index (χ0) is 16.4. The van der Waals surface area contributed by atoms with E-state index in [1.807, 2.05) is 55.5 Å². The van der Waals surface area contributed by atoms with Gasteiger partial charge in [0.1, 0.15) is 0 Å². The molecule has 1 aromatic carbocycles. The third-order valence-corrected chi connectivity index (χ3v) is 3.90. The lowest BCUT2D eigenvalue weighted by Gasteiger charge is -2.15. The molecule has 1 N–H and O–H groups in total. The van der Waals surface area contributed by atoms with Crippen molar-refractivity contribution < 1.29 is 0 Å². The van der Waals surface area contributed by atoms with E-state index < -0.39 is 0 Å². The van der Waals surface area contributed by atoms with Crippen molar-refractivity contribution in [2.75, 3.05) is 19.0 Å². The van der Waals surface area contributed by atoms with Crippen LogP contribution in [-0.2, 0) is 0 Å². The molecule has 0 amide bonds. The third-order valence-electron chi connectivity index (χ3n) is 3.66. The van der Waals surface area contributed by atoms with Gasteiger partial charge in [0.05, 0.1) is 11.6 Å². The smallest absolute Gasteiger partial charge is 0.0999 e. The summed E-state index contributed by atoms with van der Waals surface area (Å²) < 4.78 is 0. The largest absolute Gasteiger partial charge is 0.377 e. The van der Waals surface area contributed by atoms with Crippen molar-refractivity contribution in [2.45, 2.75) is 0 Å². The molecule has 0 unspecified atom stereocenters. The molecule has 3 rings (SSSR count). The van der Waals surface area contributed by atoms with Crippen LogP contribution in [0, 0.1) is 11.3 Å². The maximum atomic E-state index is 9.62. The molecule has 4 nitrogen and oxygen atoms in total. The van der Waals surface area contributed by atoms with E-state index in [0.717, 1.165) is 27.7 Å². The van der Waals surface area contributed by atoms with E-state index in [9.17, 15) is 5.26 Å². The van der Waals surface area contributed by atoms with E-state index in [0.29, 0.717) is 10.6 Å². The van der Waals surface area contributed by atoms with Crippen LogP contribution in [0.1, 0.15) is 11.1 Å². The fraction of sp³-hybridized carbons (Fsp3) is 0.111. The monoisotopic (exact) mass is 358 g/mol. The van der Waals surface area contributed by atoms with Crippen molar-refractivity contribution in [3.63, 3.8) is 0 Å². The molecule has 0 aliphatic rings. The first kappa shape index (κ1) is 17.9. The van der Waals surface area contributed by atoms with Crippen LogP contribution >= 0.6 is 24.0 Å². The van der Waals surface area contributed by atoms with Gasteiger partial charge in [0, 0.05) is 65.4 Å². The number of aromatic amines is 1. The zero-order valence-corrected chi connectivity index (χ0v) is 14.8. The number of hydrogen-bond acceptors (Lipinski definition) is 3. The maximum absolute atomic E-state index is 9.62. The molecule has 0 fully saturated rings. The number of H-pyrrole nitrogens is 1. The number of nitrogens with zero attached hydrogens (tertiary/aromatic N) is 3. The Labute approximate surface area is 151 Å². The molecule has 0 saturated carbocycles. The number of aromatic nitrogens is 2. The Bertz CT molecular complexity index is 936. The summed E-state index contributed by atoms with van der Waals surface area (Å²) in [5, 5.41) is 11.2. The first-order valence-corrected chi connectivity index (χ1v) is 7.48. The first-order chi connectivity index (χ1) is 11.1. The van der Waals surface area contributed by atoms with E-state index in [1.165, 1.54) is 0 Å². The van der Waals surface area contributed by atoms with Gasteiger partial charge in [0.2, 0.25) is 0 Å². The van der Waals surface area contributed by atoms with E-state index in [4.69, 9.17) is 11.6 Å². The Hall–Kier alpha value is -2.48. The highest BCUT2D eigenvalue weighted by atomic mass is 35.5. The van der Waals surface area contributed by atoms with Crippen LogP contribution in [0.5, 0.6) is 0 Å². The summed E-state index contributed by atoms with van der Waals surface area (Å²) >= 11 is 6.09. The number of nitrogens with one attached hydrogen (secondary N) is 1. The molecule has 2 heterocycles. The number of hydrogen-bond donors (Lipinski definition) is 1. The lowest BCUT2D eigenvalue weighted by molar-refractivity contribution is 1.11. The van der Waals surface area contributed by atoms with Gasteiger partial charge in [-0.3, -0.25) is 4.98 Å². The molecule has 0 saturated heterocycles. The zero-order valence-electron chi connectivity index (χ0n) is 13.2. The van der Waals surface area contributed by atoms with Gasteiger partial charge in [-0.05, 0) is 30.3 Å². The van der Waals surface area contributed by atoms with Gasteiger partial charge in [-0.2, -0.15) is 5.26 Å². The van der Waals surface area contributed by atoms with Gasteiger partial charge in [-0.15, -0.1) is 12.4 Å². The SMILES string of the molecule is CN(C)c1ccncc1/C=C(\C#N)c1c[nH]c2ccc(Cl)cc12.Cl. The Morgan fingerprint density at radius 1 is 1.33 bits per heavy atom. The standard InChI is InChI=1S/C18H15ClN4.ClH/c1-23(2)18-5-6-21-10-13(18)7-12(9-20)16-11-22-17-4-3-14(19)8-15(16)17;/h3-8,10-11,22H,1-2H3;1H/b12-7+;. The Balaban J connectivity index is 0.00000208. The van der Waals surface area contributed by atoms with Gasteiger partial charge in [-0.25, -0.2) is 0 Å². The minimum atomic E-state index is 0. The van der Waals surface area contributed by atoms with Crippen LogP contribution in [-0.4, -0.2) is 24.1 Å². The molecule has 0 aliphatic heterocycles. The van der Waals surface area contributed by atoms with Crippen molar-refractivity contribution in [1.82, 2.24) is 9.97 Å². The second kappa shape index (κ2) is 7.39. The second-order valence-corrected chi connectivity index (χ2v) is 5.83. The number of halogens is 2. The molecule has 0 atom stereocenters. The van der Waals surface area contributed by atoms with E-state index in [2.05, 4.69) is 16.0 Å². The molecule has 2 aromatic heterocycles.